The van der Waals surface area contributed by atoms with Gasteiger partial charge in [-0.3, -0.25) is 14.6 Å². The zero-order chi connectivity index (χ0) is 26.9. The number of hydrogen-bond acceptors (Lipinski definition) is 4. The van der Waals surface area contributed by atoms with E-state index in [1.165, 1.54) is 16.2 Å². The van der Waals surface area contributed by atoms with Gasteiger partial charge in [0, 0.05) is 12.7 Å². The van der Waals surface area contributed by atoms with E-state index in [1.54, 1.807) is 12.3 Å². The van der Waals surface area contributed by atoms with Crippen LogP contribution in [0.4, 0.5) is 0 Å². The SMILES string of the molecule is CC(C)c1cccc(-c2ccccc2Cn2cccc(C(=O)N[C@@H](CCCN=C(N)N)C(=O)O)c2=O)c1. The molecule has 0 fully saturated rings. The number of aliphatic imine (C=N–C) groups is 1. The van der Waals surface area contributed by atoms with Crippen LogP contribution in [0.2, 0.25) is 0 Å². The molecule has 1 aromatic heterocycles. The summed E-state index contributed by atoms with van der Waals surface area (Å²) in [5, 5.41) is 11.9. The van der Waals surface area contributed by atoms with Crippen LogP contribution in [0.15, 0.2) is 76.6 Å². The number of nitrogens with one attached hydrogen (secondary N) is 1. The van der Waals surface area contributed by atoms with Crippen molar-refractivity contribution in [2.45, 2.75) is 45.2 Å². The van der Waals surface area contributed by atoms with Gasteiger partial charge in [-0.1, -0.05) is 62.4 Å². The molecule has 0 saturated heterocycles. The quantitative estimate of drug-likeness (QED) is 0.179. The molecule has 2 aromatic carbocycles. The van der Waals surface area contributed by atoms with Crippen molar-refractivity contribution in [3.8, 4) is 11.1 Å². The third-order valence-electron chi connectivity index (χ3n) is 6.04. The molecule has 0 spiro atoms. The molecule has 37 heavy (non-hydrogen) atoms. The number of hydrogen-bond donors (Lipinski definition) is 4. The van der Waals surface area contributed by atoms with E-state index in [0.29, 0.717) is 12.3 Å². The van der Waals surface area contributed by atoms with Crippen molar-refractivity contribution < 1.29 is 14.7 Å². The van der Waals surface area contributed by atoms with Gasteiger partial charge in [0.05, 0.1) is 6.54 Å². The summed E-state index contributed by atoms with van der Waals surface area (Å²) in [5.74, 6) is -1.65. The first kappa shape index (κ1) is 27.2. The number of guanidine groups is 1. The van der Waals surface area contributed by atoms with Gasteiger partial charge in [0.1, 0.15) is 11.6 Å². The van der Waals surface area contributed by atoms with E-state index in [2.05, 4.69) is 36.3 Å². The molecule has 3 aromatic rings. The highest BCUT2D eigenvalue weighted by molar-refractivity contribution is 5.96. The number of nitrogens with two attached hydrogens (primary N) is 2. The summed E-state index contributed by atoms with van der Waals surface area (Å²) in [6, 6.07) is 17.9. The number of amides is 1. The molecule has 1 heterocycles. The number of nitrogens with zero attached hydrogens (tertiary/aromatic N) is 2. The van der Waals surface area contributed by atoms with Crippen LogP contribution in [0.1, 0.15) is 54.1 Å². The Labute approximate surface area is 215 Å². The normalized spacial score (nSPS) is 11.6. The molecule has 9 heteroatoms. The van der Waals surface area contributed by atoms with Gasteiger partial charge in [0.2, 0.25) is 0 Å². The van der Waals surface area contributed by atoms with Gasteiger partial charge in [-0.05, 0) is 53.1 Å². The van der Waals surface area contributed by atoms with Crippen molar-refractivity contribution in [3.63, 3.8) is 0 Å². The minimum atomic E-state index is -1.20. The summed E-state index contributed by atoms with van der Waals surface area (Å²) in [6.07, 6.45) is 2.08. The van der Waals surface area contributed by atoms with Crippen LogP contribution in [0.25, 0.3) is 11.1 Å². The van der Waals surface area contributed by atoms with Crippen LogP contribution in [-0.4, -0.2) is 40.1 Å². The van der Waals surface area contributed by atoms with E-state index in [4.69, 9.17) is 11.5 Å². The molecule has 9 nitrogen and oxygen atoms in total. The van der Waals surface area contributed by atoms with Crippen molar-refractivity contribution in [2.24, 2.45) is 16.5 Å². The zero-order valence-electron chi connectivity index (χ0n) is 21.1. The molecular formula is C28H33N5O4. The Morgan fingerprint density at radius 1 is 1.05 bits per heavy atom. The average Bonchev–Trinajstić information content (AvgIpc) is 2.87. The summed E-state index contributed by atoms with van der Waals surface area (Å²) in [4.78, 5) is 41.5. The minimum absolute atomic E-state index is 0.0880. The fourth-order valence-electron chi connectivity index (χ4n) is 4.02. The van der Waals surface area contributed by atoms with Crippen LogP contribution in [0.5, 0.6) is 0 Å². The first-order valence-electron chi connectivity index (χ1n) is 12.1. The van der Waals surface area contributed by atoms with E-state index >= 15 is 0 Å². The Morgan fingerprint density at radius 2 is 1.81 bits per heavy atom. The molecule has 0 aliphatic heterocycles. The largest absolute Gasteiger partial charge is 0.480 e. The van der Waals surface area contributed by atoms with Crippen molar-refractivity contribution in [2.75, 3.05) is 6.54 Å². The maximum atomic E-state index is 13.2. The highest BCUT2D eigenvalue weighted by Crippen LogP contribution is 2.27. The molecule has 6 N–H and O–H groups in total. The van der Waals surface area contributed by atoms with Gasteiger partial charge >= 0.3 is 5.97 Å². The van der Waals surface area contributed by atoms with E-state index < -0.39 is 23.5 Å². The number of aliphatic carboxylic acids is 1. The maximum absolute atomic E-state index is 13.2. The maximum Gasteiger partial charge on any atom is 0.326 e. The lowest BCUT2D eigenvalue weighted by molar-refractivity contribution is -0.139. The van der Waals surface area contributed by atoms with Gasteiger partial charge in [0.25, 0.3) is 11.5 Å². The lowest BCUT2D eigenvalue weighted by Crippen LogP contribution is -2.43. The topological polar surface area (TPSA) is 153 Å². The number of carboxylic acids is 1. The molecule has 0 aliphatic carbocycles. The first-order valence-corrected chi connectivity index (χ1v) is 12.1. The van der Waals surface area contributed by atoms with Crippen molar-refractivity contribution in [1.82, 2.24) is 9.88 Å². The highest BCUT2D eigenvalue weighted by atomic mass is 16.4. The minimum Gasteiger partial charge on any atom is -0.480 e. The number of carbonyl (C=O) groups is 2. The Balaban J connectivity index is 1.82. The van der Waals surface area contributed by atoms with E-state index in [-0.39, 0.29) is 31.0 Å². The number of pyridine rings is 1. The van der Waals surface area contributed by atoms with Crippen molar-refractivity contribution in [3.05, 3.63) is 93.9 Å². The van der Waals surface area contributed by atoms with Crippen molar-refractivity contribution in [1.29, 1.82) is 0 Å². The van der Waals surface area contributed by atoms with Crippen LogP contribution in [0.3, 0.4) is 0 Å². The third-order valence-corrected chi connectivity index (χ3v) is 6.04. The Kier molecular flexibility index (Phi) is 9.21. The fourth-order valence-corrected chi connectivity index (χ4v) is 4.02. The van der Waals surface area contributed by atoms with Crippen LogP contribution < -0.4 is 22.3 Å². The number of carbonyl (C=O) groups excluding carboxylic acids is 1. The van der Waals surface area contributed by atoms with Gasteiger partial charge in [-0.15, -0.1) is 0 Å². The van der Waals surface area contributed by atoms with E-state index in [9.17, 15) is 19.5 Å². The standard InChI is InChI=1S/C28H33N5O4/c1-18(2)19-9-5-10-20(16-19)22-11-4-3-8-21(22)17-33-15-7-12-23(26(33)35)25(34)32-24(27(36)37)13-6-14-31-28(29)30/h3-5,7-12,15-16,18,24H,6,13-14,17H2,1-2H3,(H,32,34)(H,36,37)(H4,29,30,31)/t24-/m0/s1. The predicted octanol–water partition coefficient (Wildman–Crippen LogP) is 2.92. The predicted molar refractivity (Wildman–Crippen MR) is 145 cm³/mol. The smallest absolute Gasteiger partial charge is 0.326 e. The number of benzene rings is 2. The number of carboxylic acid groups (broad SMARTS) is 1. The second kappa shape index (κ2) is 12.5. The highest BCUT2D eigenvalue weighted by Gasteiger charge is 2.22. The van der Waals surface area contributed by atoms with Crippen LogP contribution in [0, 0.1) is 0 Å². The second-order valence-electron chi connectivity index (χ2n) is 9.11. The lowest BCUT2D eigenvalue weighted by Gasteiger charge is -2.16. The fraction of sp³-hybridized carbons (Fsp3) is 0.286. The zero-order valence-corrected chi connectivity index (χ0v) is 21.1. The molecule has 0 saturated carbocycles. The van der Waals surface area contributed by atoms with E-state index in [0.717, 1.165) is 16.7 Å². The Morgan fingerprint density at radius 3 is 2.51 bits per heavy atom. The third kappa shape index (κ3) is 7.30. The Bertz CT molecular complexity index is 1340. The molecule has 194 valence electrons. The molecule has 0 bridgehead atoms. The number of aromatic nitrogens is 1. The Hall–Kier alpha value is -4.40. The summed E-state index contributed by atoms with van der Waals surface area (Å²) in [5.41, 5.74) is 14.1. The molecule has 1 amide bonds. The number of rotatable bonds is 11. The van der Waals surface area contributed by atoms with Gasteiger partial charge < -0.3 is 26.5 Å². The monoisotopic (exact) mass is 503 g/mol. The molecule has 1 atom stereocenters. The summed E-state index contributed by atoms with van der Waals surface area (Å²) in [7, 11) is 0. The molecule has 0 radical (unpaired) electrons. The first-order chi connectivity index (χ1) is 17.7. The summed E-state index contributed by atoms with van der Waals surface area (Å²) >= 11 is 0. The summed E-state index contributed by atoms with van der Waals surface area (Å²) < 4.78 is 1.45. The van der Waals surface area contributed by atoms with Crippen LogP contribution in [-0.2, 0) is 11.3 Å². The average molecular weight is 504 g/mol. The molecule has 3 rings (SSSR count). The van der Waals surface area contributed by atoms with Crippen LogP contribution >= 0.6 is 0 Å². The van der Waals surface area contributed by atoms with Gasteiger partial charge in [-0.25, -0.2) is 4.79 Å². The second-order valence-corrected chi connectivity index (χ2v) is 9.11. The molecular weight excluding hydrogens is 470 g/mol. The molecule has 0 aliphatic rings. The molecule has 0 unspecified atom stereocenters. The van der Waals surface area contributed by atoms with Gasteiger partial charge in [0.15, 0.2) is 5.96 Å². The van der Waals surface area contributed by atoms with E-state index in [1.807, 2.05) is 36.4 Å². The van der Waals surface area contributed by atoms with Crippen molar-refractivity contribution >= 4 is 17.8 Å². The lowest BCUT2D eigenvalue weighted by atomic mass is 9.94. The summed E-state index contributed by atoms with van der Waals surface area (Å²) in [6.45, 7) is 4.77. The van der Waals surface area contributed by atoms with Gasteiger partial charge in [-0.2, -0.15) is 0 Å².